The van der Waals surface area contributed by atoms with E-state index in [2.05, 4.69) is 20.8 Å². The van der Waals surface area contributed by atoms with Crippen molar-refractivity contribution < 1.29 is 9.59 Å². The van der Waals surface area contributed by atoms with Crippen LogP contribution in [0.15, 0.2) is 36.5 Å². The van der Waals surface area contributed by atoms with Crippen molar-refractivity contribution in [2.75, 3.05) is 10.6 Å². The predicted molar refractivity (Wildman–Crippen MR) is 108 cm³/mol. The zero-order chi connectivity index (χ0) is 20.4. The molecule has 2 aromatic heterocycles. The first-order chi connectivity index (χ1) is 13.3. The van der Waals surface area contributed by atoms with Crippen LogP contribution in [-0.4, -0.2) is 31.4 Å². The number of carbonyl (C=O) groups is 2. The van der Waals surface area contributed by atoms with Gasteiger partial charge in [-0.15, -0.1) is 0 Å². The highest BCUT2D eigenvalue weighted by Gasteiger charge is 2.20. The zero-order valence-corrected chi connectivity index (χ0v) is 16.8. The molecule has 0 saturated carbocycles. The third kappa shape index (κ3) is 4.07. The first kappa shape index (κ1) is 19.6. The number of hydrogen-bond acceptors (Lipinski definition) is 4. The molecule has 0 aliphatic rings. The number of anilines is 2. The van der Waals surface area contributed by atoms with E-state index >= 15 is 0 Å². The summed E-state index contributed by atoms with van der Waals surface area (Å²) in [5, 5.41) is 14.5. The topological polar surface area (TPSA) is 93.8 Å². The van der Waals surface area contributed by atoms with Gasteiger partial charge in [0.1, 0.15) is 6.04 Å². The van der Waals surface area contributed by atoms with Crippen LogP contribution in [0.5, 0.6) is 0 Å². The molecule has 28 heavy (non-hydrogen) atoms. The fourth-order valence-electron chi connectivity index (χ4n) is 2.78. The summed E-state index contributed by atoms with van der Waals surface area (Å²) in [6.07, 6.45) is 1.69. The first-order valence-corrected chi connectivity index (χ1v) is 9.07. The highest BCUT2D eigenvalue weighted by Crippen LogP contribution is 2.23. The van der Waals surface area contributed by atoms with Crippen molar-refractivity contribution >= 4 is 34.8 Å². The van der Waals surface area contributed by atoms with E-state index in [1.54, 1.807) is 66.8 Å². The van der Waals surface area contributed by atoms with Gasteiger partial charge < -0.3 is 10.6 Å². The van der Waals surface area contributed by atoms with Crippen LogP contribution in [0.25, 0.3) is 0 Å². The minimum atomic E-state index is -0.544. The van der Waals surface area contributed by atoms with E-state index in [1.807, 2.05) is 6.92 Å². The molecule has 0 fully saturated rings. The van der Waals surface area contributed by atoms with Gasteiger partial charge in [0.25, 0.3) is 5.91 Å². The molecule has 0 spiro atoms. The molecular weight excluding hydrogens is 380 g/mol. The van der Waals surface area contributed by atoms with E-state index < -0.39 is 6.04 Å². The summed E-state index contributed by atoms with van der Waals surface area (Å²) in [4.78, 5) is 24.9. The van der Waals surface area contributed by atoms with Crippen LogP contribution in [0.1, 0.15) is 34.8 Å². The zero-order valence-electron chi connectivity index (χ0n) is 16.0. The molecule has 2 N–H and O–H groups in total. The van der Waals surface area contributed by atoms with E-state index in [0.29, 0.717) is 27.8 Å². The Kier molecular flexibility index (Phi) is 5.51. The summed E-state index contributed by atoms with van der Waals surface area (Å²) in [6, 6.07) is 7.99. The van der Waals surface area contributed by atoms with Gasteiger partial charge in [-0.3, -0.25) is 19.0 Å². The number of aryl methyl sites for hydroxylation is 2. The van der Waals surface area contributed by atoms with Crippen LogP contribution in [0, 0.1) is 13.8 Å². The molecule has 1 unspecified atom stereocenters. The van der Waals surface area contributed by atoms with Gasteiger partial charge in [0.2, 0.25) is 5.91 Å². The lowest BCUT2D eigenvalue weighted by Gasteiger charge is -2.15. The maximum Gasteiger partial charge on any atom is 0.276 e. The van der Waals surface area contributed by atoms with Crippen molar-refractivity contribution in [2.45, 2.75) is 26.8 Å². The highest BCUT2D eigenvalue weighted by atomic mass is 35.5. The predicted octanol–water partition coefficient (Wildman–Crippen LogP) is 3.34. The fraction of sp³-hybridized carbons (Fsp3) is 0.263. The Morgan fingerprint density at radius 2 is 1.79 bits per heavy atom. The third-order valence-electron chi connectivity index (χ3n) is 4.32. The van der Waals surface area contributed by atoms with Gasteiger partial charge in [0.05, 0.1) is 16.4 Å². The molecular formula is C19H21ClN6O2. The summed E-state index contributed by atoms with van der Waals surface area (Å²) < 4.78 is 3.15. The van der Waals surface area contributed by atoms with Crippen molar-refractivity contribution in [3.8, 4) is 0 Å². The fourth-order valence-corrected chi connectivity index (χ4v) is 2.91. The van der Waals surface area contributed by atoms with Crippen LogP contribution in [0.4, 0.5) is 11.4 Å². The smallest absolute Gasteiger partial charge is 0.276 e. The molecule has 1 aromatic carbocycles. The number of hydrogen-bond donors (Lipinski definition) is 2. The standard InChI is InChI=1S/C19H21ClN6O2/c1-11-17(20)12(2)26(23-11)13(3)18(27)21-14-6-5-7-15(10-14)22-19(28)16-8-9-25(4)24-16/h5-10,13H,1-4H3,(H,21,27)(H,22,28). The molecule has 0 bridgehead atoms. The number of nitrogens with one attached hydrogen (secondary N) is 2. The second-order valence-electron chi connectivity index (χ2n) is 6.50. The lowest BCUT2D eigenvalue weighted by atomic mass is 10.2. The van der Waals surface area contributed by atoms with Gasteiger partial charge in [-0.25, -0.2) is 0 Å². The Labute approximate surface area is 167 Å². The van der Waals surface area contributed by atoms with Gasteiger partial charge in [-0.1, -0.05) is 17.7 Å². The summed E-state index contributed by atoms with van der Waals surface area (Å²) in [6.45, 7) is 5.36. The van der Waals surface area contributed by atoms with Crippen LogP contribution >= 0.6 is 11.6 Å². The van der Waals surface area contributed by atoms with Crippen molar-refractivity contribution in [1.82, 2.24) is 19.6 Å². The summed E-state index contributed by atoms with van der Waals surface area (Å²) in [7, 11) is 1.74. The van der Waals surface area contributed by atoms with Crippen LogP contribution in [-0.2, 0) is 11.8 Å². The summed E-state index contributed by atoms with van der Waals surface area (Å²) in [5.74, 6) is -0.565. The monoisotopic (exact) mass is 400 g/mol. The molecule has 2 amide bonds. The van der Waals surface area contributed by atoms with Gasteiger partial charge in [0.15, 0.2) is 5.69 Å². The van der Waals surface area contributed by atoms with Gasteiger partial charge >= 0.3 is 0 Å². The lowest BCUT2D eigenvalue weighted by molar-refractivity contribution is -0.119. The maximum absolute atomic E-state index is 12.6. The molecule has 2 heterocycles. The molecule has 1 atom stereocenters. The van der Waals surface area contributed by atoms with Crippen LogP contribution in [0.2, 0.25) is 5.02 Å². The molecule has 0 aliphatic carbocycles. The van der Waals surface area contributed by atoms with Gasteiger partial charge in [0, 0.05) is 24.6 Å². The van der Waals surface area contributed by atoms with E-state index in [-0.39, 0.29) is 11.8 Å². The summed E-state index contributed by atoms with van der Waals surface area (Å²) >= 11 is 6.17. The van der Waals surface area contributed by atoms with Crippen molar-refractivity contribution in [1.29, 1.82) is 0 Å². The second-order valence-corrected chi connectivity index (χ2v) is 6.88. The number of carbonyl (C=O) groups excluding carboxylic acids is 2. The lowest BCUT2D eigenvalue weighted by Crippen LogP contribution is -2.25. The number of benzene rings is 1. The van der Waals surface area contributed by atoms with Crippen molar-refractivity contribution in [3.63, 3.8) is 0 Å². The Bertz CT molecular complexity index is 1040. The molecule has 3 aromatic rings. The number of nitrogens with zero attached hydrogens (tertiary/aromatic N) is 4. The van der Waals surface area contributed by atoms with Gasteiger partial charge in [-0.05, 0) is 45.0 Å². The highest BCUT2D eigenvalue weighted by molar-refractivity contribution is 6.31. The number of aromatic nitrogens is 4. The van der Waals surface area contributed by atoms with E-state index in [0.717, 1.165) is 5.69 Å². The van der Waals surface area contributed by atoms with Gasteiger partial charge in [-0.2, -0.15) is 10.2 Å². The maximum atomic E-state index is 12.6. The van der Waals surface area contributed by atoms with E-state index in [9.17, 15) is 9.59 Å². The molecule has 146 valence electrons. The Balaban J connectivity index is 1.70. The Morgan fingerprint density at radius 1 is 1.11 bits per heavy atom. The van der Waals surface area contributed by atoms with Crippen molar-refractivity contribution in [3.05, 3.63) is 58.6 Å². The quantitative estimate of drug-likeness (QED) is 0.686. The minimum absolute atomic E-state index is 0.240. The average Bonchev–Trinajstić information content (AvgIpc) is 3.20. The third-order valence-corrected chi connectivity index (χ3v) is 4.86. The largest absolute Gasteiger partial charge is 0.324 e. The Hall–Kier alpha value is -3.13. The SMILES string of the molecule is Cc1nn(C(C)C(=O)Nc2cccc(NC(=O)c3ccn(C)n3)c2)c(C)c1Cl. The Morgan fingerprint density at radius 3 is 2.36 bits per heavy atom. The summed E-state index contributed by atoms with van der Waals surface area (Å²) in [5.41, 5.74) is 2.83. The molecule has 0 saturated heterocycles. The number of amides is 2. The van der Waals surface area contributed by atoms with Crippen LogP contribution < -0.4 is 10.6 Å². The molecule has 8 nitrogen and oxygen atoms in total. The molecule has 0 radical (unpaired) electrons. The molecule has 9 heteroatoms. The van der Waals surface area contributed by atoms with Crippen molar-refractivity contribution in [2.24, 2.45) is 7.05 Å². The van der Waals surface area contributed by atoms with E-state index in [4.69, 9.17) is 11.6 Å². The molecule has 3 rings (SSSR count). The average molecular weight is 401 g/mol. The first-order valence-electron chi connectivity index (χ1n) is 8.69. The molecule has 0 aliphatic heterocycles. The minimum Gasteiger partial charge on any atom is -0.324 e. The van der Waals surface area contributed by atoms with Crippen LogP contribution in [0.3, 0.4) is 0 Å². The normalized spacial score (nSPS) is 11.9. The van der Waals surface area contributed by atoms with E-state index in [1.165, 1.54) is 0 Å². The number of rotatable bonds is 5. The second kappa shape index (κ2) is 7.85. The number of halogens is 1.